The molecule has 1 amide bonds. The van der Waals surface area contributed by atoms with Gasteiger partial charge in [0.1, 0.15) is 5.82 Å². The van der Waals surface area contributed by atoms with E-state index >= 15 is 0 Å². The number of hydrogen-bond donors (Lipinski definition) is 0. The van der Waals surface area contributed by atoms with Gasteiger partial charge in [-0.1, -0.05) is 26.8 Å². The summed E-state index contributed by atoms with van der Waals surface area (Å²) in [4.78, 5) is 33.1. The van der Waals surface area contributed by atoms with Crippen LogP contribution in [0, 0.1) is 11.2 Å². The molecule has 0 saturated carbocycles. The van der Waals surface area contributed by atoms with Crippen LogP contribution in [0.15, 0.2) is 35.1 Å². The van der Waals surface area contributed by atoms with Crippen molar-refractivity contribution in [1.82, 2.24) is 23.9 Å². The van der Waals surface area contributed by atoms with E-state index in [0.29, 0.717) is 43.1 Å². The number of carbonyl (C=O) groups is 1. The van der Waals surface area contributed by atoms with Crippen LogP contribution in [0.1, 0.15) is 33.3 Å². The van der Waals surface area contributed by atoms with Crippen LogP contribution in [-0.2, 0) is 24.9 Å². The van der Waals surface area contributed by atoms with Crippen molar-refractivity contribution >= 4 is 17.1 Å². The molecular formula is C25H32FN5O2. The lowest BCUT2D eigenvalue weighted by atomic mass is 9.97. The number of fused-ring (bicyclic) bond motifs is 1. The van der Waals surface area contributed by atoms with E-state index in [0.717, 1.165) is 24.2 Å². The Morgan fingerprint density at radius 3 is 2.42 bits per heavy atom. The monoisotopic (exact) mass is 453 g/mol. The van der Waals surface area contributed by atoms with Crippen molar-refractivity contribution in [2.24, 2.45) is 12.5 Å². The predicted octanol–water partition coefficient (Wildman–Crippen LogP) is 3.25. The van der Waals surface area contributed by atoms with Gasteiger partial charge in [0.25, 0.3) is 0 Å². The van der Waals surface area contributed by atoms with E-state index in [4.69, 9.17) is 0 Å². The van der Waals surface area contributed by atoms with Crippen LogP contribution in [0.5, 0.6) is 0 Å². The van der Waals surface area contributed by atoms with E-state index < -0.39 is 0 Å². The number of imidazole rings is 1. The van der Waals surface area contributed by atoms with Crippen LogP contribution in [0.25, 0.3) is 22.4 Å². The maximum absolute atomic E-state index is 14.8. The highest BCUT2D eigenvalue weighted by atomic mass is 19.1. The van der Waals surface area contributed by atoms with Crippen molar-refractivity contribution in [2.45, 2.75) is 40.8 Å². The Labute approximate surface area is 193 Å². The number of amides is 1. The summed E-state index contributed by atoms with van der Waals surface area (Å²) in [7, 11) is 1.70. The van der Waals surface area contributed by atoms with Gasteiger partial charge >= 0.3 is 5.69 Å². The molecule has 0 bridgehead atoms. The Hall–Kier alpha value is -3.00. The number of pyridine rings is 1. The van der Waals surface area contributed by atoms with E-state index in [2.05, 4.69) is 30.7 Å². The maximum Gasteiger partial charge on any atom is 0.330 e. The van der Waals surface area contributed by atoms with Crippen LogP contribution < -0.4 is 5.69 Å². The van der Waals surface area contributed by atoms with Crippen LogP contribution >= 0.6 is 0 Å². The number of halogens is 1. The molecule has 0 N–H and O–H groups in total. The molecule has 0 spiro atoms. The number of rotatable bonds is 4. The van der Waals surface area contributed by atoms with Gasteiger partial charge < -0.3 is 4.90 Å². The molecule has 4 rings (SSSR count). The van der Waals surface area contributed by atoms with Gasteiger partial charge in [-0.2, -0.15) is 0 Å². The van der Waals surface area contributed by atoms with Gasteiger partial charge in [0.15, 0.2) is 5.65 Å². The highest BCUT2D eigenvalue weighted by Gasteiger charge is 2.21. The molecular weight excluding hydrogens is 421 g/mol. The smallest absolute Gasteiger partial charge is 0.330 e. The number of nitrogens with zero attached hydrogens (tertiary/aromatic N) is 5. The van der Waals surface area contributed by atoms with Gasteiger partial charge in [-0.3, -0.25) is 18.8 Å². The fourth-order valence-electron chi connectivity index (χ4n) is 4.40. The molecule has 1 fully saturated rings. The van der Waals surface area contributed by atoms with E-state index in [1.54, 1.807) is 30.7 Å². The summed E-state index contributed by atoms with van der Waals surface area (Å²) in [5.74, 6) is -0.239. The summed E-state index contributed by atoms with van der Waals surface area (Å²) in [5.41, 5.74) is 3.03. The number of carbonyl (C=O) groups excluding carboxylic acids is 1. The summed E-state index contributed by atoms with van der Waals surface area (Å²) in [5, 5.41) is 0. The fourth-order valence-corrected chi connectivity index (χ4v) is 4.40. The predicted molar refractivity (Wildman–Crippen MR) is 127 cm³/mol. The first-order valence-corrected chi connectivity index (χ1v) is 11.4. The van der Waals surface area contributed by atoms with Crippen LogP contribution in [0.4, 0.5) is 4.39 Å². The van der Waals surface area contributed by atoms with E-state index in [9.17, 15) is 14.0 Å². The molecule has 8 heteroatoms. The molecule has 2 aromatic heterocycles. The summed E-state index contributed by atoms with van der Waals surface area (Å²) >= 11 is 0. The first kappa shape index (κ1) is 23.2. The molecule has 0 unspecified atom stereocenters. The van der Waals surface area contributed by atoms with Crippen molar-refractivity contribution in [3.63, 3.8) is 0 Å². The lowest BCUT2D eigenvalue weighted by Gasteiger charge is -2.34. The Morgan fingerprint density at radius 1 is 1.09 bits per heavy atom. The van der Waals surface area contributed by atoms with Crippen LogP contribution in [-0.4, -0.2) is 56.0 Å². The third-order valence-corrected chi connectivity index (χ3v) is 6.14. The van der Waals surface area contributed by atoms with E-state index in [1.807, 2.05) is 17.0 Å². The van der Waals surface area contributed by atoms with Gasteiger partial charge in [-0.15, -0.1) is 0 Å². The molecule has 33 heavy (non-hydrogen) atoms. The van der Waals surface area contributed by atoms with Crippen molar-refractivity contribution in [1.29, 1.82) is 0 Å². The van der Waals surface area contributed by atoms with Crippen LogP contribution in [0.3, 0.4) is 0 Å². The van der Waals surface area contributed by atoms with Gasteiger partial charge in [0.05, 0.1) is 11.2 Å². The highest BCUT2D eigenvalue weighted by molar-refractivity contribution is 5.76. The first-order valence-electron chi connectivity index (χ1n) is 11.4. The van der Waals surface area contributed by atoms with Gasteiger partial charge in [0, 0.05) is 58.8 Å². The normalized spacial score (nSPS) is 15.4. The Morgan fingerprint density at radius 2 is 1.79 bits per heavy atom. The van der Waals surface area contributed by atoms with Gasteiger partial charge in [-0.25, -0.2) is 14.2 Å². The zero-order valence-electron chi connectivity index (χ0n) is 20.1. The Bertz CT molecular complexity index is 1250. The zero-order valence-corrected chi connectivity index (χ0v) is 20.1. The molecule has 1 aliphatic heterocycles. The number of aromatic nitrogens is 3. The lowest BCUT2D eigenvalue weighted by molar-refractivity contribution is -0.130. The second-order valence-electron chi connectivity index (χ2n) is 10.1. The topological polar surface area (TPSA) is 63.4 Å². The van der Waals surface area contributed by atoms with Crippen molar-refractivity contribution in [3.05, 3.63) is 52.2 Å². The third kappa shape index (κ3) is 4.85. The molecule has 1 saturated heterocycles. The maximum atomic E-state index is 14.8. The zero-order chi connectivity index (χ0) is 23.9. The minimum absolute atomic E-state index is 0.0624. The minimum atomic E-state index is -0.342. The van der Waals surface area contributed by atoms with Crippen LogP contribution in [0.2, 0.25) is 0 Å². The molecule has 1 aliphatic rings. The Balaban J connectivity index is 1.62. The van der Waals surface area contributed by atoms with Gasteiger partial charge in [-0.05, 0) is 35.2 Å². The number of piperazine rings is 1. The average Bonchev–Trinajstić information content (AvgIpc) is 2.98. The molecule has 0 atom stereocenters. The largest absolute Gasteiger partial charge is 0.340 e. The summed E-state index contributed by atoms with van der Waals surface area (Å²) in [6, 6.07) is 8.76. The standard InChI is InChI=1S/C25H32FN5O2/c1-17(32)30-12-10-29(11-13-30)15-18-6-7-20(26)19(14-18)21-8-9-22-23(27-21)28(5)24(33)31(22)16-25(2,3)4/h6-9,14H,10-13,15-16H2,1-5H3. The molecule has 0 radical (unpaired) electrons. The number of aryl methyl sites for hydroxylation is 1. The van der Waals surface area contributed by atoms with Crippen molar-refractivity contribution in [3.8, 4) is 11.3 Å². The molecule has 3 heterocycles. The molecule has 0 aliphatic carbocycles. The third-order valence-electron chi connectivity index (χ3n) is 6.14. The molecule has 7 nitrogen and oxygen atoms in total. The van der Waals surface area contributed by atoms with Crippen molar-refractivity contribution < 1.29 is 9.18 Å². The van der Waals surface area contributed by atoms with E-state index in [1.165, 1.54) is 10.6 Å². The van der Waals surface area contributed by atoms with Crippen molar-refractivity contribution in [2.75, 3.05) is 26.2 Å². The molecule has 3 aromatic rings. The molecule has 1 aromatic carbocycles. The SMILES string of the molecule is CC(=O)N1CCN(Cc2ccc(F)c(-c3ccc4c(n3)n(C)c(=O)n4CC(C)(C)C)c2)CC1. The quantitative estimate of drug-likeness (QED) is 0.608. The average molecular weight is 454 g/mol. The second kappa shape index (κ2) is 8.74. The van der Waals surface area contributed by atoms with E-state index in [-0.39, 0.29) is 22.8 Å². The first-order chi connectivity index (χ1) is 15.5. The lowest BCUT2D eigenvalue weighted by Crippen LogP contribution is -2.47. The second-order valence-corrected chi connectivity index (χ2v) is 10.1. The summed E-state index contributed by atoms with van der Waals surface area (Å²) < 4.78 is 18.1. The Kier molecular flexibility index (Phi) is 6.14. The fraction of sp³-hybridized carbons (Fsp3) is 0.480. The number of benzene rings is 1. The highest BCUT2D eigenvalue weighted by Crippen LogP contribution is 2.26. The summed E-state index contributed by atoms with van der Waals surface area (Å²) in [6.07, 6.45) is 0. The molecule has 176 valence electrons. The number of hydrogen-bond acceptors (Lipinski definition) is 4. The van der Waals surface area contributed by atoms with Gasteiger partial charge in [0.2, 0.25) is 5.91 Å². The minimum Gasteiger partial charge on any atom is -0.340 e. The summed E-state index contributed by atoms with van der Waals surface area (Å²) in [6.45, 7) is 12.1.